The number of ether oxygens (including phenoxy) is 3. The molecular weight excluding hydrogens is 440 g/mol. The van der Waals surface area contributed by atoms with Gasteiger partial charge in [-0.15, -0.1) is 0 Å². The van der Waals surface area contributed by atoms with E-state index in [9.17, 15) is 19.8 Å². The summed E-state index contributed by atoms with van der Waals surface area (Å²) in [5.41, 5.74) is -0.249. The van der Waals surface area contributed by atoms with Crippen molar-refractivity contribution in [1.82, 2.24) is 10.2 Å². The molecule has 0 fully saturated rings. The fourth-order valence-corrected chi connectivity index (χ4v) is 3.29. The fourth-order valence-electron chi connectivity index (χ4n) is 3.29. The van der Waals surface area contributed by atoms with Crippen molar-refractivity contribution in [3.63, 3.8) is 0 Å². The van der Waals surface area contributed by atoms with E-state index in [-0.39, 0.29) is 35.9 Å². The van der Waals surface area contributed by atoms with Crippen molar-refractivity contribution in [1.29, 1.82) is 0 Å². The number of aliphatic hydroxyl groups is 1. The molecule has 0 radical (unpaired) electrons. The van der Waals surface area contributed by atoms with Crippen molar-refractivity contribution in [3.8, 4) is 11.5 Å². The molecule has 0 aliphatic heterocycles. The first kappa shape index (κ1) is 29.5. The number of phenolic OH excluding ortho intramolecular Hbond substituents is 1. The van der Waals surface area contributed by atoms with Crippen LogP contribution >= 0.6 is 0 Å². The summed E-state index contributed by atoms with van der Waals surface area (Å²) in [5.74, 6) is -0.301. The summed E-state index contributed by atoms with van der Waals surface area (Å²) in [6.07, 6.45) is -0.192. The molecule has 3 N–H and O–H groups in total. The molecule has 9 heteroatoms. The second-order valence-electron chi connectivity index (χ2n) is 9.55. The van der Waals surface area contributed by atoms with Crippen LogP contribution in [0.1, 0.15) is 64.7 Å². The topological polar surface area (TPSA) is 118 Å². The minimum atomic E-state index is -0.855. The first-order chi connectivity index (χ1) is 15.9. The average molecular weight is 483 g/mol. The van der Waals surface area contributed by atoms with E-state index in [4.69, 9.17) is 14.2 Å². The van der Waals surface area contributed by atoms with Gasteiger partial charge in [0, 0.05) is 50.8 Å². The molecule has 194 valence electrons. The Hall–Kier alpha value is -2.52. The highest BCUT2D eigenvalue weighted by Gasteiger charge is 2.27. The minimum absolute atomic E-state index is 0.0201. The summed E-state index contributed by atoms with van der Waals surface area (Å²) in [6, 6.07) is 4.39. The molecule has 0 bridgehead atoms. The third-order valence-electron chi connectivity index (χ3n) is 5.20. The van der Waals surface area contributed by atoms with Crippen LogP contribution in [-0.2, 0) is 9.47 Å². The van der Waals surface area contributed by atoms with Crippen LogP contribution in [-0.4, -0.2) is 78.3 Å². The van der Waals surface area contributed by atoms with Gasteiger partial charge in [0.15, 0.2) is 11.5 Å². The Morgan fingerprint density at radius 1 is 1.18 bits per heavy atom. The Kier molecular flexibility index (Phi) is 12.2. The summed E-state index contributed by atoms with van der Waals surface area (Å²) >= 11 is 0. The van der Waals surface area contributed by atoms with Crippen LogP contribution in [0, 0.1) is 5.92 Å². The number of carbonyl (C=O) groups excluding carboxylic acids is 2. The van der Waals surface area contributed by atoms with Gasteiger partial charge in [-0.1, -0.05) is 6.92 Å². The molecule has 34 heavy (non-hydrogen) atoms. The normalized spacial score (nSPS) is 13.3. The lowest BCUT2D eigenvalue weighted by atomic mass is 9.97. The van der Waals surface area contributed by atoms with E-state index in [2.05, 4.69) is 5.32 Å². The predicted octanol–water partition coefficient (Wildman–Crippen LogP) is 3.57. The molecule has 9 nitrogen and oxygen atoms in total. The standard InChI is InChI=1S/C25H42N2O7/c1-8-18(21(29)15-26-24(31)34-25(4,5)6)16-27(17(2)3)23(30)19-10-11-20(28)22(14-19)33-13-9-12-32-7/h10-11,14,17-18,21,28-29H,8-9,12-13,15-16H2,1-7H3,(H,26,31)/t18-,21?/m0/s1. The van der Waals surface area contributed by atoms with Crippen LogP contribution in [0.4, 0.5) is 4.79 Å². The number of hydrogen-bond acceptors (Lipinski definition) is 7. The molecule has 1 aromatic rings. The molecule has 1 aromatic carbocycles. The highest BCUT2D eigenvalue weighted by molar-refractivity contribution is 5.95. The molecule has 2 amide bonds. The lowest BCUT2D eigenvalue weighted by Crippen LogP contribution is -2.46. The fraction of sp³-hybridized carbons (Fsp3) is 0.680. The lowest BCUT2D eigenvalue weighted by molar-refractivity contribution is 0.0369. The van der Waals surface area contributed by atoms with Crippen LogP contribution in [0.25, 0.3) is 0 Å². The van der Waals surface area contributed by atoms with Crippen LogP contribution in [0.5, 0.6) is 11.5 Å². The lowest BCUT2D eigenvalue weighted by Gasteiger charge is -2.33. The number of rotatable bonds is 13. The SMILES string of the molecule is CC[C@@H](CN(C(=O)c1ccc(O)c(OCCCOC)c1)C(C)C)C(O)CNC(=O)OC(C)(C)C. The van der Waals surface area contributed by atoms with Crippen LogP contribution in [0.15, 0.2) is 18.2 Å². The van der Waals surface area contributed by atoms with E-state index < -0.39 is 17.8 Å². The van der Waals surface area contributed by atoms with Crippen molar-refractivity contribution in [2.75, 3.05) is 33.4 Å². The van der Waals surface area contributed by atoms with Crippen LogP contribution in [0.3, 0.4) is 0 Å². The summed E-state index contributed by atoms with van der Waals surface area (Å²) in [7, 11) is 1.60. The molecule has 2 atom stereocenters. The van der Waals surface area contributed by atoms with E-state index in [0.717, 1.165) is 0 Å². The first-order valence-corrected chi connectivity index (χ1v) is 11.8. The highest BCUT2D eigenvalue weighted by Crippen LogP contribution is 2.28. The molecule has 0 saturated heterocycles. The highest BCUT2D eigenvalue weighted by atomic mass is 16.6. The van der Waals surface area contributed by atoms with Gasteiger partial charge in [-0.3, -0.25) is 4.79 Å². The van der Waals surface area contributed by atoms with Gasteiger partial charge in [-0.2, -0.15) is 0 Å². The molecule has 0 aliphatic rings. The summed E-state index contributed by atoms with van der Waals surface area (Å²) in [6.45, 7) is 12.2. The predicted molar refractivity (Wildman–Crippen MR) is 130 cm³/mol. The summed E-state index contributed by atoms with van der Waals surface area (Å²) in [4.78, 5) is 26.9. The van der Waals surface area contributed by atoms with Gasteiger partial charge in [-0.25, -0.2) is 4.79 Å². The number of aliphatic hydroxyl groups excluding tert-OH is 1. The number of nitrogens with zero attached hydrogens (tertiary/aromatic N) is 1. The van der Waals surface area contributed by atoms with Crippen molar-refractivity contribution >= 4 is 12.0 Å². The number of carbonyl (C=O) groups is 2. The maximum Gasteiger partial charge on any atom is 0.407 e. The summed E-state index contributed by atoms with van der Waals surface area (Å²) in [5, 5.41) is 23.4. The van der Waals surface area contributed by atoms with Crippen LogP contribution < -0.4 is 10.1 Å². The third-order valence-corrected chi connectivity index (χ3v) is 5.20. The molecule has 1 rings (SSSR count). The molecule has 1 unspecified atom stereocenters. The number of alkyl carbamates (subject to hydrolysis) is 1. The monoisotopic (exact) mass is 482 g/mol. The second-order valence-corrected chi connectivity index (χ2v) is 9.55. The smallest absolute Gasteiger partial charge is 0.407 e. The van der Waals surface area contributed by atoms with Crippen molar-refractivity contribution in [2.24, 2.45) is 5.92 Å². The molecule has 0 heterocycles. The Bertz CT molecular complexity index is 777. The van der Waals surface area contributed by atoms with Crippen molar-refractivity contribution in [2.45, 2.75) is 72.1 Å². The number of methoxy groups -OCH3 is 1. The Morgan fingerprint density at radius 3 is 2.41 bits per heavy atom. The number of amides is 2. The first-order valence-electron chi connectivity index (χ1n) is 11.8. The van der Waals surface area contributed by atoms with E-state index in [1.165, 1.54) is 12.1 Å². The van der Waals surface area contributed by atoms with Crippen LogP contribution in [0.2, 0.25) is 0 Å². The molecular formula is C25H42N2O7. The molecule has 0 spiro atoms. The number of aromatic hydroxyl groups is 1. The Balaban J connectivity index is 2.87. The quantitative estimate of drug-likeness (QED) is 0.368. The Morgan fingerprint density at radius 2 is 1.85 bits per heavy atom. The molecule has 0 aromatic heterocycles. The maximum absolute atomic E-state index is 13.3. The van der Waals surface area contributed by atoms with E-state index in [1.54, 1.807) is 38.8 Å². The van der Waals surface area contributed by atoms with Gasteiger partial charge in [0.25, 0.3) is 5.91 Å². The van der Waals surface area contributed by atoms with Gasteiger partial charge in [0.05, 0.1) is 12.7 Å². The molecule has 0 saturated carbocycles. The third kappa shape index (κ3) is 10.2. The number of nitrogens with one attached hydrogen (secondary N) is 1. The minimum Gasteiger partial charge on any atom is -0.504 e. The zero-order valence-corrected chi connectivity index (χ0v) is 21.6. The number of benzene rings is 1. The van der Waals surface area contributed by atoms with E-state index in [1.807, 2.05) is 20.8 Å². The van der Waals surface area contributed by atoms with Gasteiger partial charge in [0.2, 0.25) is 0 Å². The molecule has 0 aliphatic carbocycles. The van der Waals surface area contributed by atoms with Crippen molar-refractivity contribution in [3.05, 3.63) is 23.8 Å². The summed E-state index contributed by atoms with van der Waals surface area (Å²) < 4.78 is 15.8. The van der Waals surface area contributed by atoms with Gasteiger partial charge >= 0.3 is 6.09 Å². The van der Waals surface area contributed by atoms with Gasteiger partial charge < -0.3 is 34.6 Å². The van der Waals surface area contributed by atoms with Crippen molar-refractivity contribution < 1.29 is 34.0 Å². The largest absolute Gasteiger partial charge is 0.504 e. The Labute approximate surface area is 203 Å². The zero-order valence-electron chi connectivity index (χ0n) is 21.6. The number of phenols is 1. The van der Waals surface area contributed by atoms with Gasteiger partial charge in [-0.05, 0) is 59.2 Å². The number of hydrogen-bond donors (Lipinski definition) is 3. The van der Waals surface area contributed by atoms with E-state index in [0.29, 0.717) is 38.2 Å². The zero-order chi connectivity index (χ0) is 25.9. The van der Waals surface area contributed by atoms with Gasteiger partial charge in [0.1, 0.15) is 5.60 Å². The average Bonchev–Trinajstić information content (AvgIpc) is 2.75. The second kappa shape index (κ2) is 14.0. The van der Waals surface area contributed by atoms with E-state index >= 15 is 0 Å². The maximum atomic E-state index is 13.3.